The summed E-state index contributed by atoms with van der Waals surface area (Å²) in [7, 11) is -6.60. The van der Waals surface area contributed by atoms with Crippen molar-refractivity contribution in [2.45, 2.75) is 93.0 Å². The number of carbonyl (C=O) groups is 1. The van der Waals surface area contributed by atoms with E-state index >= 15 is 0 Å². The van der Waals surface area contributed by atoms with Gasteiger partial charge < -0.3 is 19.5 Å². The van der Waals surface area contributed by atoms with E-state index in [-0.39, 0.29) is 23.7 Å². The first kappa shape index (κ1) is 26.1. The highest BCUT2D eigenvalue weighted by Gasteiger charge is 2.66. The van der Waals surface area contributed by atoms with E-state index in [1.807, 2.05) is 0 Å². The molecule has 5 unspecified atom stereocenters. The molecule has 4 aliphatic rings. The Morgan fingerprint density at radius 2 is 1.44 bits per heavy atom. The number of carbonyl (C=O) groups excluding carboxylic acids is 1. The van der Waals surface area contributed by atoms with Gasteiger partial charge in [0.1, 0.15) is 0 Å². The van der Waals surface area contributed by atoms with Gasteiger partial charge >= 0.3 is 17.1 Å². The van der Waals surface area contributed by atoms with Gasteiger partial charge in [0.05, 0.1) is 30.1 Å². The van der Waals surface area contributed by atoms with E-state index < -0.39 is 57.4 Å². The van der Waals surface area contributed by atoms with Gasteiger partial charge in [-0.3, -0.25) is 4.79 Å². The normalized spacial score (nSPS) is 35.1. The molecular formula is C22H31F4O7S-. The molecule has 0 amide bonds. The monoisotopic (exact) mass is 515 g/mol. The fraction of sp³-hybridized carbons (Fsp3) is 0.955. The fourth-order valence-electron chi connectivity index (χ4n) is 7.49. The Morgan fingerprint density at radius 1 is 0.941 bits per heavy atom. The van der Waals surface area contributed by atoms with Crippen molar-refractivity contribution in [1.29, 1.82) is 0 Å². The van der Waals surface area contributed by atoms with Gasteiger partial charge in [-0.1, -0.05) is 25.7 Å². The Hall–Kier alpha value is -0.980. The summed E-state index contributed by atoms with van der Waals surface area (Å²) in [5, 5.41) is 17.1. The van der Waals surface area contributed by atoms with E-state index in [4.69, 9.17) is 4.74 Å². The molecule has 196 valence electrons. The van der Waals surface area contributed by atoms with Crippen molar-refractivity contribution >= 4 is 16.1 Å². The lowest BCUT2D eigenvalue weighted by atomic mass is 9.60. The maximum absolute atomic E-state index is 13.7. The van der Waals surface area contributed by atoms with Crippen molar-refractivity contribution in [1.82, 2.24) is 0 Å². The van der Waals surface area contributed by atoms with Crippen LogP contribution in [0, 0.1) is 29.6 Å². The van der Waals surface area contributed by atoms with Crippen LogP contribution in [-0.2, 0) is 19.6 Å². The van der Waals surface area contributed by atoms with Crippen LogP contribution in [0.4, 0.5) is 17.6 Å². The number of hydrogen-bond acceptors (Lipinski definition) is 7. The fourth-order valence-corrected chi connectivity index (χ4v) is 7.96. The lowest BCUT2D eigenvalue weighted by Crippen LogP contribution is -2.53. The summed E-state index contributed by atoms with van der Waals surface area (Å²) in [6.45, 7) is -1.17. The zero-order chi connectivity index (χ0) is 25.2. The number of rotatable bonds is 8. The molecule has 0 heterocycles. The third kappa shape index (κ3) is 4.16. The molecular weight excluding hydrogens is 484 g/mol. The maximum Gasteiger partial charge on any atom is 0.396 e. The van der Waals surface area contributed by atoms with Crippen molar-refractivity contribution in [2.75, 3.05) is 6.61 Å². The van der Waals surface area contributed by atoms with Gasteiger partial charge in [-0.2, -0.15) is 17.6 Å². The van der Waals surface area contributed by atoms with Crippen LogP contribution < -0.4 is 0 Å². The minimum atomic E-state index is -6.60. The van der Waals surface area contributed by atoms with Crippen molar-refractivity contribution in [3.63, 3.8) is 0 Å². The Bertz CT molecular complexity index is 897. The van der Waals surface area contributed by atoms with E-state index in [9.17, 15) is 45.5 Å². The second-order valence-electron chi connectivity index (χ2n) is 10.8. The molecule has 5 atom stereocenters. The molecule has 34 heavy (non-hydrogen) atoms. The number of aliphatic hydroxyl groups is 2. The summed E-state index contributed by atoms with van der Waals surface area (Å²) >= 11 is 0. The Balaban J connectivity index is 1.45. The lowest BCUT2D eigenvalue weighted by Gasteiger charge is -2.48. The summed E-state index contributed by atoms with van der Waals surface area (Å²) in [4.78, 5) is 12.8. The minimum Gasteiger partial charge on any atom is -0.743 e. The first-order chi connectivity index (χ1) is 15.6. The van der Waals surface area contributed by atoms with Crippen molar-refractivity contribution < 1.29 is 50.3 Å². The summed E-state index contributed by atoms with van der Waals surface area (Å²) in [5.74, 6) is -7.65. The number of hydrogen-bond donors (Lipinski definition) is 2. The zero-order valence-electron chi connectivity index (χ0n) is 18.7. The molecule has 0 radical (unpaired) electrons. The van der Waals surface area contributed by atoms with Gasteiger partial charge in [-0.25, -0.2) is 8.42 Å². The zero-order valence-corrected chi connectivity index (χ0v) is 19.5. The first-order valence-electron chi connectivity index (χ1n) is 12.0. The highest BCUT2D eigenvalue weighted by molar-refractivity contribution is 7.86. The molecule has 0 saturated heterocycles. The molecule has 4 rings (SSSR count). The van der Waals surface area contributed by atoms with Gasteiger partial charge in [-0.15, -0.1) is 0 Å². The molecule has 0 spiro atoms. The average Bonchev–Trinajstić information content (AvgIpc) is 3.50. The lowest BCUT2D eigenvalue weighted by molar-refractivity contribution is -0.179. The summed E-state index contributed by atoms with van der Waals surface area (Å²) < 4.78 is 90.4. The topological polar surface area (TPSA) is 124 Å². The van der Waals surface area contributed by atoms with Crippen molar-refractivity contribution in [2.24, 2.45) is 29.6 Å². The standard InChI is InChI=1S/C22H32F4O7S/c23-21(24,22(25,26)34(30,31)32)9-10-33-18(27)15-12-13-11-14(15)17(20(29)7-3-4-8-20)16(13)19(28)5-1-2-6-19/h13-17,28-29H,1-12H2,(H,30,31,32)/p-1. The molecule has 0 aliphatic heterocycles. The molecule has 2 bridgehead atoms. The largest absolute Gasteiger partial charge is 0.743 e. The number of fused-ring (bicyclic) bond motifs is 2. The van der Waals surface area contributed by atoms with E-state index in [0.29, 0.717) is 38.5 Å². The quantitative estimate of drug-likeness (QED) is 0.289. The predicted octanol–water partition coefficient (Wildman–Crippen LogP) is 3.19. The van der Waals surface area contributed by atoms with Gasteiger partial charge in [0, 0.05) is 0 Å². The second-order valence-corrected chi connectivity index (χ2v) is 12.2. The highest BCUT2D eigenvalue weighted by Crippen LogP contribution is 2.65. The maximum atomic E-state index is 13.7. The number of halogens is 4. The van der Waals surface area contributed by atoms with Gasteiger partial charge in [0.25, 0.3) is 0 Å². The van der Waals surface area contributed by atoms with Crippen molar-refractivity contribution in [3.8, 4) is 0 Å². The van der Waals surface area contributed by atoms with Crippen LogP contribution in [0.3, 0.4) is 0 Å². The van der Waals surface area contributed by atoms with Crippen LogP contribution in [0.1, 0.15) is 70.6 Å². The Labute approximate surface area is 196 Å². The average molecular weight is 516 g/mol. The van der Waals surface area contributed by atoms with Crippen LogP contribution in [0.5, 0.6) is 0 Å². The summed E-state index contributed by atoms with van der Waals surface area (Å²) in [6.07, 6.45) is 4.94. The summed E-state index contributed by atoms with van der Waals surface area (Å²) in [6, 6.07) is 0. The molecule has 4 fully saturated rings. The molecule has 0 aromatic heterocycles. The summed E-state index contributed by atoms with van der Waals surface area (Å²) in [5.41, 5.74) is -1.94. The third-order valence-corrected chi connectivity index (χ3v) is 9.81. The SMILES string of the molecule is O=C(OCCC(F)(F)C(F)(F)S(=O)(=O)[O-])C1CC2CC1C(C1(O)CCCC1)C2C1(O)CCCC1. The molecule has 2 N–H and O–H groups in total. The molecule has 0 aromatic rings. The predicted molar refractivity (Wildman–Crippen MR) is 109 cm³/mol. The second kappa shape index (κ2) is 8.55. The molecule has 12 heteroatoms. The number of alkyl halides is 4. The van der Waals surface area contributed by atoms with E-state index in [1.165, 1.54) is 0 Å². The van der Waals surface area contributed by atoms with Gasteiger partial charge in [0.15, 0.2) is 10.1 Å². The van der Waals surface area contributed by atoms with E-state index in [1.54, 1.807) is 0 Å². The highest BCUT2D eigenvalue weighted by atomic mass is 32.2. The Morgan fingerprint density at radius 3 is 1.94 bits per heavy atom. The van der Waals surface area contributed by atoms with E-state index in [2.05, 4.69) is 0 Å². The third-order valence-electron chi connectivity index (χ3n) is 8.89. The van der Waals surface area contributed by atoms with Crippen LogP contribution in [0.2, 0.25) is 0 Å². The molecule has 4 saturated carbocycles. The van der Waals surface area contributed by atoms with Crippen molar-refractivity contribution in [3.05, 3.63) is 0 Å². The minimum absolute atomic E-state index is 0.0448. The molecule has 7 nitrogen and oxygen atoms in total. The molecule has 0 aromatic carbocycles. The van der Waals surface area contributed by atoms with Crippen LogP contribution >= 0.6 is 0 Å². The van der Waals surface area contributed by atoms with Gasteiger partial charge in [0.2, 0.25) is 0 Å². The van der Waals surface area contributed by atoms with Crippen LogP contribution in [0.25, 0.3) is 0 Å². The van der Waals surface area contributed by atoms with Crippen LogP contribution in [0.15, 0.2) is 0 Å². The first-order valence-corrected chi connectivity index (χ1v) is 13.4. The Kier molecular flexibility index (Phi) is 6.56. The number of esters is 1. The smallest absolute Gasteiger partial charge is 0.396 e. The van der Waals surface area contributed by atoms with Gasteiger partial charge in [-0.05, 0) is 62.2 Å². The van der Waals surface area contributed by atoms with E-state index in [0.717, 1.165) is 25.7 Å². The molecule has 4 aliphatic carbocycles. The number of ether oxygens (including phenoxy) is 1. The van der Waals surface area contributed by atoms with Crippen LogP contribution in [-0.4, -0.2) is 58.1 Å².